The molecular formula is C36H15BrN4O8. The van der Waals surface area contributed by atoms with Crippen LogP contribution in [0.4, 0.5) is 22.7 Å². The molecule has 2 aliphatic heterocycles. The van der Waals surface area contributed by atoms with E-state index in [1.165, 1.54) is 48.5 Å². The fraction of sp³-hybridized carbons (Fsp3) is 0. The van der Waals surface area contributed by atoms with Gasteiger partial charge in [-0.05, 0) is 70.1 Å². The van der Waals surface area contributed by atoms with E-state index in [9.17, 15) is 39.4 Å². The Balaban J connectivity index is 1.27. The van der Waals surface area contributed by atoms with Gasteiger partial charge in [0.2, 0.25) is 0 Å². The maximum Gasteiger partial charge on any atom is 0.269 e. The van der Waals surface area contributed by atoms with E-state index < -0.39 is 33.5 Å². The van der Waals surface area contributed by atoms with E-state index in [4.69, 9.17) is 0 Å². The average molecular weight is 711 g/mol. The Hall–Kier alpha value is -6.60. The molecule has 0 saturated carbocycles. The van der Waals surface area contributed by atoms with Crippen molar-refractivity contribution in [2.45, 2.75) is 0 Å². The van der Waals surface area contributed by atoms with Crippen LogP contribution >= 0.6 is 15.9 Å². The Morgan fingerprint density at radius 2 is 0.837 bits per heavy atom. The molecule has 0 radical (unpaired) electrons. The third-order valence-electron chi connectivity index (χ3n) is 9.33. The molecule has 0 N–H and O–H groups in total. The van der Waals surface area contributed by atoms with Crippen molar-refractivity contribution in [3.63, 3.8) is 0 Å². The largest absolute Gasteiger partial charge is 0.269 e. The van der Waals surface area contributed by atoms with Crippen LogP contribution in [0.25, 0.3) is 43.1 Å². The van der Waals surface area contributed by atoms with Gasteiger partial charge in [0, 0.05) is 67.0 Å². The Labute approximate surface area is 281 Å². The fourth-order valence-electron chi connectivity index (χ4n) is 7.23. The molecule has 0 saturated heterocycles. The third-order valence-corrected chi connectivity index (χ3v) is 9.95. The van der Waals surface area contributed by atoms with Crippen LogP contribution in [0.2, 0.25) is 0 Å². The van der Waals surface area contributed by atoms with Gasteiger partial charge in [-0.25, -0.2) is 9.80 Å². The van der Waals surface area contributed by atoms with Crippen molar-refractivity contribution in [2.24, 2.45) is 0 Å². The lowest BCUT2D eigenvalue weighted by Gasteiger charge is -2.30. The van der Waals surface area contributed by atoms with E-state index in [-0.39, 0.29) is 45.0 Å². The molecule has 49 heavy (non-hydrogen) atoms. The summed E-state index contributed by atoms with van der Waals surface area (Å²) in [7, 11) is 0. The van der Waals surface area contributed by atoms with E-state index in [0.717, 1.165) is 9.80 Å². The minimum Gasteiger partial charge on any atom is -0.268 e. The number of anilines is 2. The van der Waals surface area contributed by atoms with Crippen LogP contribution in [0.1, 0.15) is 41.4 Å². The van der Waals surface area contributed by atoms with Crippen LogP contribution in [-0.4, -0.2) is 33.5 Å². The number of fused-ring (bicyclic) bond motifs is 2. The van der Waals surface area contributed by atoms with Crippen LogP contribution < -0.4 is 9.80 Å². The van der Waals surface area contributed by atoms with Crippen molar-refractivity contribution in [1.29, 1.82) is 0 Å². The number of amides is 4. The zero-order valence-electron chi connectivity index (χ0n) is 24.6. The van der Waals surface area contributed by atoms with E-state index in [1.54, 1.807) is 42.5 Å². The summed E-state index contributed by atoms with van der Waals surface area (Å²) in [6.45, 7) is 0. The second-order valence-electron chi connectivity index (χ2n) is 11.7. The second kappa shape index (κ2) is 9.71. The number of nitrogens with zero attached hydrogens (tertiary/aromatic N) is 4. The summed E-state index contributed by atoms with van der Waals surface area (Å²) in [6.07, 6.45) is 0. The summed E-state index contributed by atoms with van der Waals surface area (Å²) in [5, 5.41) is 27.4. The molecule has 0 atom stereocenters. The number of imide groups is 2. The minimum absolute atomic E-state index is 0.175. The van der Waals surface area contributed by atoms with Gasteiger partial charge >= 0.3 is 0 Å². The average Bonchev–Trinajstić information content (AvgIpc) is 3.09. The highest BCUT2D eigenvalue weighted by atomic mass is 79.9. The molecule has 0 aliphatic carbocycles. The Bertz CT molecular complexity index is 2740. The summed E-state index contributed by atoms with van der Waals surface area (Å²) >= 11 is 3.67. The van der Waals surface area contributed by atoms with Gasteiger partial charge in [-0.15, -0.1) is 0 Å². The van der Waals surface area contributed by atoms with Gasteiger partial charge in [0.25, 0.3) is 35.0 Å². The summed E-state index contributed by atoms with van der Waals surface area (Å²) in [5.41, 5.74) is 1.14. The second-order valence-corrected chi connectivity index (χ2v) is 12.6. The van der Waals surface area contributed by atoms with Gasteiger partial charge in [0.05, 0.1) is 26.8 Å². The number of carbonyl (C=O) groups excluding carboxylic acids is 4. The summed E-state index contributed by atoms with van der Waals surface area (Å²) in [6, 6.07) is 22.3. The molecule has 9 rings (SSSR count). The first kappa shape index (κ1) is 28.6. The van der Waals surface area contributed by atoms with Crippen LogP contribution in [-0.2, 0) is 0 Å². The highest BCUT2D eigenvalue weighted by Gasteiger charge is 2.38. The normalized spacial score (nSPS) is 14.2. The number of nitro groups is 2. The van der Waals surface area contributed by atoms with Gasteiger partial charge in [-0.1, -0.05) is 34.1 Å². The molecule has 2 heterocycles. The standard InChI is InChI=1S/C36H15BrN4O8/c37-27-15-26-30-25(35(44)39(36(26)45)17-3-7-19(8-4-17)41(48)49)13-10-21-20-9-12-23-29-24(14-11-22(28(20)29)31(27)32(21)30)34(43)38(33(23)42)16-1-5-18(6-2-16)40(46)47/h1-15H. The molecule has 0 fully saturated rings. The predicted molar refractivity (Wildman–Crippen MR) is 184 cm³/mol. The quantitative estimate of drug-likeness (QED) is 0.0585. The molecule has 12 nitrogen and oxygen atoms in total. The van der Waals surface area contributed by atoms with Crippen molar-refractivity contribution in [3.05, 3.63) is 138 Å². The van der Waals surface area contributed by atoms with Crippen LogP contribution in [0, 0.1) is 20.2 Å². The van der Waals surface area contributed by atoms with Crippen LogP contribution in [0.3, 0.4) is 0 Å². The Morgan fingerprint density at radius 3 is 1.29 bits per heavy atom. The first-order valence-electron chi connectivity index (χ1n) is 14.7. The van der Waals surface area contributed by atoms with Crippen molar-refractivity contribution < 1.29 is 29.0 Å². The number of hydrogen-bond donors (Lipinski definition) is 0. The molecule has 4 amide bonds. The lowest BCUT2D eigenvalue weighted by atomic mass is 9.82. The molecular weight excluding hydrogens is 696 g/mol. The molecule has 0 unspecified atom stereocenters. The first-order valence-corrected chi connectivity index (χ1v) is 15.5. The molecule has 0 bridgehead atoms. The van der Waals surface area contributed by atoms with Gasteiger partial charge in [-0.2, -0.15) is 0 Å². The third kappa shape index (κ3) is 3.67. The Kier molecular flexibility index (Phi) is 5.67. The van der Waals surface area contributed by atoms with E-state index >= 15 is 0 Å². The number of hydrogen-bond acceptors (Lipinski definition) is 8. The molecule has 13 heteroatoms. The number of non-ortho nitro benzene ring substituents is 2. The van der Waals surface area contributed by atoms with Crippen LogP contribution in [0.5, 0.6) is 0 Å². The molecule has 7 aromatic rings. The number of carbonyl (C=O) groups is 4. The molecule has 234 valence electrons. The summed E-state index contributed by atoms with van der Waals surface area (Å²) in [5.74, 6) is -2.32. The topological polar surface area (TPSA) is 161 Å². The SMILES string of the molecule is O=C1c2ccc3c4ccc5c6c(cc(Br)c(c7ccc(c2c37)C(=O)N1c1ccc([N+](=O)[O-])cc1)c64)C(=O)N(c1ccc([N+](=O)[O-])cc1)C5=O. The zero-order valence-corrected chi connectivity index (χ0v) is 26.2. The highest BCUT2D eigenvalue weighted by molar-refractivity contribution is 9.10. The summed E-state index contributed by atoms with van der Waals surface area (Å²) in [4.78, 5) is 79.0. The monoisotopic (exact) mass is 710 g/mol. The van der Waals surface area contributed by atoms with Crippen molar-refractivity contribution in [3.8, 4) is 0 Å². The molecule has 0 aromatic heterocycles. The minimum atomic E-state index is -0.589. The lowest BCUT2D eigenvalue weighted by molar-refractivity contribution is -0.385. The lowest BCUT2D eigenvalue weighted by Crippen LogP contribution is -2.40. The molecule has 2 aliphatic rings. The van der Waals surface area contributed by atoms with E-state index in [0.29, 0.717) is 47.6 Å². The smallest absolute Gasteiger partial charge is 0.268 e. The Morgan fingerprint density at radius 1 is 0.449 bits per heavy atom. The maximum absolute atomic E-state index is 14.0. The van der Waals surface area contributed by atoms with Crippen molar-refractivity contribution in [1.82, 2.24) is 0 Å². The van der Waals surface area contributed by atoms with Gasteiger partial charge in [0.15, 0.2) is 0 Å². The number of halogens is 1. The molecule has 7 aromatic carbocycles. The van der Waals surface area contributed by atoms with Gasteiger partial charge in [0.1, 0.15) is 0 Å². The van der Waals surface area contributed by atoms with E-state index in [2.05, 4.69) is 15.9 Å². The predicted octanol–water partition coefficient (Wildman–Crippen LogP) is 7.92. The first-order chi connectivity index (χ1) is 23.6. The van der Waals surface area contributed by atoms with Crippen molar-refractivity contribution >= 4 is 105 Å². The zero-order chi connectivity index (χ0) is 34.0. The van der Waals surface area contributed by atoms with E-state index in [1.807, 2.05) is 0 Å². The number of rotatable bonds is 4. The molecule has 0 spiro atoms. The fourth-order valence-corrected chi connectivity index (χ4v) is 7.87. The van der Waals surface area contributed by atoms with Gasteiger partial charge in [-0.3, -0.25) is 39.4 Å². The summed E-state index contributed by atoms with van der Waals surface area (Å²) < 4.78 is 0.548. The number of benzene rings is 7. The van der Waals surface area contributed by atoms with Gasteiger partial charge < -0.3 is 0 Å². The van der Waals surface area contributed by atoms with Crippen LogP contribution in [0.15, 0.2) is 95.5 Å². The maximum atomic E-state index is 14.0. The highest BCUT2D eigenvalue weighted by Crippen LogP contribution is 2.49. The van der Waals surface area contributed by atoms with Crippen molar-refractivity contribution in [2.75, 3.05) is 9.80 Å². The number of nitro benzene ring substituents is 2.